The van der Waals surface area contributed by atoms with Gasteiger partial charge in [0.1, 0.15) is 24.3 Å². The third kappa shape index (κ3) is 3.51. The minimum atomic E-state index is -0.710. The number of methoxy groups -OCH3 is 1. The average molecular weight is 354 g/mol. The number of carbonyl (C=O) groups excluding carboxylic acids is 3. The Labute approximate surface area is 150 Å². The Morgan fingerprint density at radius 3 is 2.65 bits per heavy atom. The maximum absolute atomic E-state index is 12.5. The van der Waals surface area contributed by atoms with Crippen LogP contribution in [0.2, 0.25) is 0 Å². The molecule has 1 heterocycles. The van der Waals surface area contributed by atoms with E-state index in [0.29, 0.717) is 34.7 Å². The van der Waals surface area contributed by atoms with Crippen molar-refractivity contribution in [2.75, 3.05) is 23.9 Å². The molecule has 0 radical (unpaired) electrons. The van der Waals surface area contributed by atoms with Crippen molar-refractivity contribution in [2.45, 2.75) is 13.0 Å². The summed E-state index contributed by atoms with van der Waals surface area (Å²) < 4.78 is 10.6. The molecule has 7 nitrogen and oxygen atoms in total. The van der Waals surface area contributed by atoms with Gasteiger partial charge in [-0.15, -0.1) is 0 Å². The lowest BCUT2D eigenvalue weighted by atomic mass is 10.1. The maximum Gasteiger partial charge on any atom is 0.268 e. The highest BCUT2D eigenvalue weighted by atomic mass is 16.5. The molecule has 1 atom stereocenters. The van der Waals surface area contributed by atoms with Crippen molar-refractivity contribution >= 4 is 29.5 Å². The standard InChI is InChI=1S/C19H18N2O5/c1-12-19(24)21(16-9-13(11-22)3-8-17(16)26-12)10-18(23)20-14-4-6-15(25-2)7-5-14/h3-9,11-12H,10H2,1-2H3,(H,20,23). The zero-order valence-corrected chi connectivity index (χ0v) is 14.4. The number of nitrogens with one attached hydrogen (secondary N) is 1. The molecular weight excluding hydrogens is 336 g/mol. The highest BCUT2D eigenvalue weighted by Gasteiger charge is 2.32. The van der Waals surface area contributed by atoms with Crippen LogP contribution < -0.4 is 19.7 Å². The van der Waals surface area contributed by atoms with E-state index >= 15 is 0 Å². The summed E-state index contributed by atoms with van der Waals surface area (Å²) in [5.74, 6) is 0.431. The van der Waals surface area contributed by atoms with Crippen LogP contribution in [0.1, 0.15) is 17.3 Å². The number of anilines is 2. The molecule has 0 saturated heterocycles. The molecule has 0 aromatic heterocycles. The third-order valence-electron chi connectivity index (χ3n) is 4.00. The largest absolute Gasteiger partial charge is 0.497 e. The molecule has 0 fully saturated rings. The number of amides is 2. The lowest BCUT2D eigenvalue weighted by molar-refractivity contribution is -0.127. The van der Waals surface area contributed by atoms with Crippen molar-refractivity contribution in [3.05, 3.63) is 48.0 Å². The highest BCUT2D eigenvalue weighted by Crippen LogP contribution is 2.34. The summed E-state index contributed by atoms with van der Waals surface area (Å²) in [7, 11) is 1.56. The van der Waals surface area contributed by atoms with Gasteiger partial charge in [0, 0.05) is 11.3 Å². The number of hydrogen-bond acceptors (Lipinski definition) is 5. The lowest BCUT2D eigenvalue weighted by Gasteiger charge is -2.32. The topological polar surface area (TPSA) is 84.9 Å². The quantitative estimate of drug-likeness (QED) is 0.833. The zero-order valence-electron chi connectivity index (χ0n) is 14.4. The Morgan fingerprint density at radius 2 is 2.00 bits per heavy atom. The van der Waals surface area contributed by atoms with Gasteiger partial charge in [0.25, 0.3) is 5.91 Å². The van der Waals surface area contributed by atoms with Crippen LogP contribution >= 0.6 is 0 Å². The second-order valence-electron chi connectivity index (χ2n) is 5.81. The van der Waals surface area contributed by atoms with Gasteiger partial charge in [0.05, 0.1) is 12.8 Å². The van der Waals surface area contributed by atoms with E-state index in [2.05, 4.69) is 5.32 Å². The molecule has 26 heavy (non-hydrogen) atoms. The Kier molecular flexibility index (Phi) is 4.88. The van der Waals surface area contributed by atoms with E-state index in [9.17, 15) is 14.4 Å². The normalized spacial score (nSPS) is 15.7. The molecule has 1 aliphatic rings. The molecule has 3 rings (SSSR count). The molecule has 134 valence electrons. The van der Waals surface area contributed by atoms with Crippen LogP contribution in [-0.2, 0) is 9.59 Å². The summed E-state index contributed by atoms with van der Waals surface area (Å²) in [5.41, 5.74) is 1.39. The van der Waals surface area contributed by atoms with Crippen LogP contribution in [0.15, 0.2) is 42.5 Å². The van der Waals surface area contributed by atoms with Gasteiger partial charge in [0.15, 0.2) is 6.10 Å². The number of aldehydes is 1. The Morgan fingerprint density at radius 1 is 1.27 bits per heavy atom. The van der Waals surface area contributed by atoms with E-state index in [1.54, 1.807) is 50.4 Å². The second-order valence-corrected chi connectivity index (χ2v) is 5.81. The van der Waals surface area contributed by atoms with Gasteiger partial charge in [-0.1, -0.05) is 0 Å². The van der Waals surface area contributed by atoms with Crippen LogP contribution in [0.4, 0.5) is 11.4 Å². The fourth-order valence-corrected chi connectivity index (χ4v) is 2.68. The van der Waals surface area contributed by atoms with Crippen molar-refractivity contribution in [1.82, 2.24) is 0 Å². The summed E-state index contributed by atoms with van der Waals surface area (Å²) >= 11 is 0. The number of nitrogens with zero attached hydrogens (tertiary/aromatic N) is 1. The molecule has 1 N–H and O–H groups in total. The smallest absolute Gasteiger partial charge is 0.268 e. The first-order chi connectivity index (χ1) is 12.5. The lowest BCUT2D eigenvalue weighted by Crippen LogP contribution is -2.47. The van der Waals surface area contributed by atoms with Crippen LogP contribution in [0.25, 0.3) is 0 Å². The van der Waals surface area contributed by atoms with Gasteiger partial charge in [0.2, 0.25) is 5.91 Å². The van der Waals surface area contributed by atoms with Gasteiger partial charge in [-0.3, -0.25) is 19.3 Å². The van der Waals surface area contributed by atoms with Crippen molar-refractivity contribution in [1.29, 1.82) is 0 Å². The van der Waals surface area contributed by atoms with E-state index in [1.165, 1.54) is 11.0 Å². The maximum atomic E-state index is 12.5. The fraction of sp³-hybridized carbons (Fsp3) is 0.211. The van der Waals surface area contributed by atoms with Crippen molar-refractivity contribution < 1.29 is 23.9 Å². The molecule has 2 amide bonds. The molecular formula is C19H18N2O5. The van der Waals surface area contributed by atoms with Crippen molar-refractivity contribution in [3.63, 3.8) is 0 Å². The van der Waals surface area contributed by atoms with Gasteiger partial charge < -0.3 is 14.8 Å². The average Bonchev–Trinajstić information content (AvgIpc) is 2.65. The molecule has 2 aromatic rings. The third-order valence-corrected chi connectivity index (χ3v) is 4.00. The summed E-state index contributed by atoms with van der Waals surface area (Å²) in [5, 5.41) is 2.74. The predicted molar refractivity (Wildman–Crippen MR) is 95.9 cm³/mol. The number of carbonyl (C=O) groups is 3. The van der Waals surface area contributed by atoms with Crippen molar-refractivity contribution in [2.24, 2.45) is 0 Å². The zero-order chi connectivity index (χ0) is 18.7. The van der Waals surface area contributed by atoms with Crippen LogP contribution in [-0.4, -0.2) is 37.9 Å². The SMILES string of the molecule is COc1ccc(NC(=O)CN2C(=O)C(C)Oc3ccc(C=O)cc32)cc1. The van der Waals surface area contributed by atoms with Gasteiger partial charge in [-0.25, -0.2) is 0 Å². The van der Waals surface area contributed by atoms with E-state index < -0.39 is 6.10 Å². The molecule has 7 heteroatoms. The van der Waals surface area contributed by atoms with Crippen LogP contribution in [0, 0.1) is 0 Å². The number of rotatable bonds is 5. The first-order valence-corrected chi connectivity index (χ1v) is 8.03. The first kappa shape index (κ1) is 17.5. The number of benzene rings is 2. The number of hydrogen-bond donors (Lipinski definition) is 1. The van der Waals surface area contributed by atoms with E-state index in [0.717, 1.165) is 0 Å². The summed E-state index contributed by atoms with van der Waals surface area (Å²) in [6.45, 7) is 1.43. The minimum absolute atomic E-state index is 0.187. The van der Waals surface area contributed by atoms with Gasteiger partial charge in [-0.05, 0) is 49.4 Å². The minimum Gasteiger partial charge on any atom is -0.497 e. The van der Waals surface area contributed by atoms with Crippen LogP contribution in [0.3, 0.4) is 0 Å². The highest BCUT2D eigenvalue weighted by molar-refractivity contribution is 6.06. The molecule has 0 bridgehead atoms. The monoisotopic (exact) mass is 354 g/mol. The Hall–Kier alpha value is -3.35. The van der Waals surface area contributed by atoms with E-state index in [4.69, 9.17) is 9.47 Å². The number of ether oxygens (including phenoxy) is 2. The van der Waals surface area contributed by atoms with Crippen LogP contribution in [0.5, 0.6) is 11.5 Å². The fourth-order valence-electron chi connectivity index (χ4n) is 2.68. The molecule has 1 aliphatic heterocycles. The molecule has 0 spiro atoms. The van der Waals surface area contributed by atoms with Crippen molar-refractivity contribution in [3.8, 4) is 11.5 Å². The summed E-state index contributed by atoms with van der Waals surface area (Å²) in [6, 6.07) is 11.6. The number of fused-ring (bicyclic) bond motifs is 1. The predicted octanol–water partition coefficient (Wildman–Crippen LogP) is 2.26. The second kappa shape index (κ2) is 7.26. The van der Waals surface area contributed by atoms with E-state index in [1.807, 2.05) is 0 Å². The van der Waals surface area contributed by atoms with Gasteiger partial charge >= 0.3 is 0 Å². The molecule has 2 aromatic carbocycles. The van der Waals surface area contributed by atoms with E-state index in [-0.39, 0.29) is 18.4 Å². The summed E-state index contributed by atoms with van der Waals surface area (Å²) in [4.78, 5) is 37.2. The molecule has 0 saturated carbocycles. The molecule has 0 aliphatic carbocycles. The Bertz CT molecular complexity index is 848. The summed E-state index contributed by atoms with van der Waals surface area (Å²) in [6.07, 6.45) is -0.0309. The van der Waals surface area contributed by atoms with Gasteiger partial charge in [-0.2, -0.15) is 0 Å². The Balaban J connectivity index is 1.80. The first-order valence-electron chi connectivity index (χ1n) is 8.03. The molecule has 1 unspecified atom stereocenters.